The van der Waals surface area contributed by atoms with Gasteiger partial charge in [-0.2, -0.15) is 0 Å². The summed E-state index contributed by atoms with van der Waals surface area (Å²) in [5, 5.41) is 38.8. The maximum atomic E-state index is 12.6. The lowest BCUT2D eigenvalue weighted by Gasteiger charge is -2.20. The molecule has 332 valence electrons. The average Bonchev–Trinajstić information content (AvgIpc) is 3.17. The fourth-order valence-electron chi connectivity index (χ4n) is 6.20. The molecule has 12 nitrogen and oxygen atoms in total. The van der Waals surface area contributed by atoms with E-state index in [1.807, 2.05) is 6.08 Å². The summed E-state index contributed by atoms with van der Waals surface area (Å²) >= 11 is 0. The highest BCUT2D eigenvalue weighted by Gasteiger charge is 2.27. The number of unbranched alkanes of at least 4 members (excludes halogenated alkanes) is 19. The van der Waals surface area contributed by atoms with Crippen LogP contribution in [0.4, 0.5) is 0 Å². The van der Waals surface area contributed by atoms with Gasteiger partial charge in [0.2, 0.25) is 0 Å². The van der Waals surface area contributed by atoms with Gasteiger partial charge in [0.05, 0.1) is 32.0 Å². The highest BCUT2D eigenvalue weighted by molar-refractivity contribution is 7.47. The second-order valence-electron chi connectivity index (χ2n) is 15.9. The van der Waals surface area contributed by atoms with Gasteiger partial charge in [0.25, 0.3) is 0 Å². The molecule has 5 N–H and O–H groups in total. The van der Waals surface area contributed by atoms with E-state index < -0.39 is 64.0 Å². The number of ether oxygens (including phenoxy) is 2. The van der Waals surface area contributed by atoms with Gasteiger partial charge in [-0.3, -0.25) is 18.6 Å². The highest BCUT2D eigenvalue weighted by atomic mass is 31.2. The van der Waals surface area contributed by atoms with E-state index in [9.17, 15) is 34.4 Å². The normalized spacial score (nSPS) is 15.2. The van der Waals surface area contributed by atoms with Crippen LogP contribution in [0.5, 0.6) is 0 Å². The number of aliphatic hydroxyl groups is 4. The summed E-state index contributed by atoms with van der Waals surface area (Å²) < 4.78 is 32.6. The van der Waals surface area contributed by atoms with Crippen molar-refractivity contribution in [2.75, 3.05) is 26.4 Å². The van der Waals surface area contributed by atoms with Crippen LogP contribution in [0.25, 0.3) is 0 Å². The SMILES string of the molecule is CCCCC/C=C\C[C@H](O)[C@@H](O)CCCCCCCC(=O)O[C@H](COC(=O)CCCCCCCCCCCCCCCC(C)C)COP(=O)(O)OC[C@@H](O)CO. The number of phosphoric acid groups is 1. The van der Waals surface area contributed by atoms with E-state index >= 15 is 0 Å². The van der Waals surface area contributed by atoms with Crippen molar-refractivity contribution in [1.29, 1.82) is 0 Å². The molecule has 0 fully saturated rings. The fourth-order valence-corrected chi connectivity index (χ4v) is 6.99. The molecule has 0 spiro atoms. The molecule has 0 aromatic carbocycles. The number of phosphoric ester groups is 1. The van der Waals surface area contributed by atoms with Crippen molar-refractivity contribution in [1.82, 2.24) is 0 Å². The minimum Gasteiger partial charge on any atom is -0.462 e. The topological polar surface area (TPSA) is 189 Å². The standard InChI is InChI=1S/C43H83O12P/c1-4-5-6-7-19-24-29-40(46)41(47)30-25-20-17-22-27-32-43(49)55-39(36-54-56(50,51)53-34-38(45)33-44)35-52-42(48)31-26-21-16-14-12-10-8-9-11-13-15-18-23-28-37(2)3/h19,24,37-41,44-47H,4-18,20-23,25-36H2,1-3H3,(H,50,51)/b24-19-/t38-,39+,40-,41-/m0/s1. The first-order valence-corrected chi connectivity index (χ1v) is 23.7. The maximum Gasteiger partial charge on any atom is 0.472 e. The van der Waals surface area contributed by atoms with Gasteiger partial charge >= 0.3 is 19.8 Å². The molecule has 0 saturated carbocycles. The van der Waals surface area contributed by atoms with Crippen LogP contribution in [0.3, 0.4) is 0 Å². The fraction of sp³-hybridized carbons (Fsp3) is 0.907. The third kappa shape index (κ3) is 36.9. The largest absolute Gasteiger partial charge is 0.472 e. The Morgan fingerprint density at radius 1 is 0.607 bits per heavy atom. The molecule has 0 aliphatic rings. The summed E-state index contributed by atoms with van der Waals surface area (Å²) in [6.45, 7) is 4.48. The van der Waals surface area contributed by atoms with Crippen LogP contribution in [-0.2, 0) is 32.7 Å². The van der Waals surface area contributed by atoms with Gasteiger partial charge in [0, 0.05) is 12.8 Å². The summed E-state index contributed by atoms with van der Waals surface area (Å²) in [4.78, 5) is 35.0. The van der Waals surface area contributed by atoms with E-state index in [1.165, 1.54) is 77.0 Å². The van der Waals surface area contributed by atoms with Crippen molar-refractivity contribution < 1.29 is 58.0 Å². The molecule has 56 heavy (non-hydrogen) atoms. The Morgan fingerprint density at radius 2 is 1.11 bits per heavy atom. The molecule has 0 radical (unpaired) electrons. The predicted molar refractivity (Wildman–Crippen MR) is 222 cm³/mol. The zero-order valence-electron chi connectivity index (χ0n) is 35.5. The van der Waals surface area contributed by atoms with Gasteiger partial charge in [-0.15, -0.1) is 0 Å². The number of aliphatic hydroxyl groups excluding tert-OH is 4. The third-order valence-electron chi connectivity index (χ3n) is 9.80. The van der Waals surface area contributed by atoms with Crippen molar-refractivity contribution in [3.63, 3.8) is 0 Å². The molecule has 13 heteroatoms. The van der Waals surface area contributed by atoms with Gasteiger partial charge < -0.3 is 34.8 Å². The van der Waals surface area contributed by atoms with Crippen LogP contribution in [0.2, 0.25) is 0 Å². The summed E-state index contributed by atoms with van der Waals surface area (Å²) in [6.07, 6.45) is 26.3. The van der Waals surface area contributed by atoms with Gasteiger partial charge in [-0.1, -0.05) is 155 Å². The minimum atomic E-state index is -4.65. The molecule has 0 saturated heterocycles. The van der Waals surface area contributed by atoms with Crippen LogP contribution >= 0.6 is 7.82 Å². The lowest BCUT2D eigenvalue weighted by Crippen LogP contribution is -2.29. The van der Waals surface area contributed by atoms with Crippen LogP contribution in [-0.4, -0.2) is 88.1 Å². The summed E-state index contributed by atoms with van der Waals surface area (Å²) in [6, 6.07) is 0. The molecule has 0 rings (SSSR count). The third-order valence-corrected chi connectivity index (χ3v) is 10.7. The summed E-state index contributed by atoms with van der Waals surface area (Å²) in [5.41, 5.74) is 0. The number of carbonyl (C=O) groups is 2. The van der Waals surface area contributed by atoms with Crippen LogP contribution in [0, 0.1) is 5.92 Å². The molecule has 0 amide bonds. The van der Waals surface area contributed by atoms with E-state index in [1.54, 1.807) is 0 Å². The first kappa shape index (κ1) is 54.6. The zero-order valence-corrected chi connectivity index (χ0v) is 36.4. The Bertz CT molecular complexity index is 994. The number of carbonyl (C=O) groups excluding carboxylic acids is 2. The molecule has 0 aliphatic carbocycles. The Kier molecular flexibility index (Phi) is 36.9. The molecule has 0 bridgehead atoms. The van der Waals surface area contributed by atoms with Crippen LogP contribution in [0.1, 0.15) is 194 Å². The molecule has 5 atom stereocenters. The molecule has 1 unspecified atom stereocenters. The quantitative estimate of drug-likeness (QED) is 0.0170. The Morgan fingerprint density at radius 3 is 1.64 bits per heavy atom. The molecule has 0 aromatic rings. The highest BCUT2D eigenvalue weighted by Crippen LogP contribution is 2.43. The Balaban J connectivity index is 4.38. The van der Waals surface area contributed by atoms with Gasteiger partial charge in [0.1, 0.15) is 12.7 Å². The monoisotopic (exact) mass is 823 g/mol. The number of hydrogen-bond acceptors (Lipinski definition) is 11. The van der Waals surface area contributed by atoms with Crippen molar-refractivity contribution >= 4 is 19.8 Å². The smallest absolute Gasteiger partial charge is 0.462 e. The second-order valence-corrected chi connectivity index (χ2v) is 17.3. The van der Waals surface area contributed by atoms with Gasteiger partial charge in [-0.05, 0) is 44.4 Å². The van der Waals surface area contributed by atoms with Crippen LogP contribution < -0.4 is 0 Å². The first-order valence-electron chi connectivity index (χ1n) is 22.2. The zero-order chi connectivity index (χ0) is 41.7. The van der Waals surface area contributed by atoms with E-state index in [-0.39, 0.29) is 19.4 Å². The lowest BCUT2D eigenvalue weighted by atomic mass is 10.0. The molecule has 0 heterocycles. The summed E-state index contributed by atoms with van der Waals surface area (Å²) in [5.74, 6) is -0.220. The average molecular weight is 823 g/mol. The molecule has 0 aliphatic heterocycles. The van der Waals surface area contributed by atoms with Crippen LogP contribution in [0.15, 0.2) is 12.2 Å². The number of rotatable bonds is 41. The predicted octanol–water partition coefficient (Wildman–Crippen LogP) is 9.41. The molecular weight excluding hydrogens is 739 g/mol. The van der Waals surface area contributed by atoms with Crippen molar-refractivity contribution in [2.45, 2.75) is 219 Å². The van der Waals surface area contributed by atoms with E-state index in [4.69, 9.17) is 19.1 Å². The van der Waals surface area contributed by atoms with Crippen molar-refractivity contribution in [2.24, 2.45) is 5.92 Å². The number of esters is 2. The first-order chi connectivity index (χ1) is 26.9. The minimum absolute atomic E-state index is 0.0882. The maximum absolute atomic E-state index is 12.6. The van der Waals surface area contributed by atoms with Gasteiger partial charge in [0.15, 0.2) is 6.10 Å². The molecule has 0 aromatic heterocycles. The summed E-state index contributed by atoms with van der Waals surface area (Å²) in [7, 11) is -4.65. The Labute approximate surface area is 340 Å². The van der Waals surface area contributed by atoms with Crippen molar-refractivity contribution in [3.8, 4) is 0 Å². The van der Waals surface area contributed by atoms with E-state index in [0.717, 1.165) is 63.7 Å². The van der Waals surface area contributed by atoms with E-state index in [0.29, 0.717) is 25.7 Å². The lowest BCUT2D eigenvalue weighted by molar-refractivity contribution is -0.161. The van der Waals surface area contributed by atoms with E-state index in [2.05, 4.69) is 31.4 Å². The number of hydrogen-bond donors (Lipinski definition) is 5. The number of allylic oxidation sites excluding steroid dienone is 1. The second kappa shape index (κ2) is 37.9. The molecular formula is C43H83O12P. The van der Waals surface area contributed by atoms with Crippen molar-refractivity contribution in [3.05, 3.63) is 12.2 Å². The van der Waals surface area contributed by atoms with Gasteiger partial charge in [-0.25, -0.2) is 4.57 Å². The Hall–Kier alpha value is -1.37.